The number of carbonyl (C=O) groups is 5. The van der Waals surface area contributed by atoms with E-state index in [0.717, 1.165) is 11.0 Å². The molecule has 32 heavy (non-hydrogen) atoms. The monoisotopic (exact) mass is 453 g/mol. The topological polar surface area (TPSA) is 122 Å². The lowest BCUT2D eigenvalue weighted by Crippen LogP contribution is -2.39. The van der Waals surface area contributed by atoms with Crippen LogP contribution in [0.5, 0.6) is 0 Å². The van der Waals surface area contributed by atoms with Crippen LogP contribution in [0, 0.1) is 29.3 Å². The Morgan fingerprint density at radius 1 is 0.969 bits per heavy atom. The van der Waals surface area contributed by atoms with Crippen molar-refractivity contribution in [2.24, 2.45) is 11.8 Å². The average Bonchev–Trinajstić information content (AvgIpc) is 3.01. The zero-order valence-electron chi connectivity index (χ0n) is 16.5. The zero-order valence-corrected chi connectivity index (χ0v) is 16.5. The van der Waals surface area contributed by atoms with Crippen molar-refractivity contribution in [3.8, 4) is 0 Å². The molecule has 0 aromatic heterocycles. The van der Waals surface area contributed by atoms with Gasteiger partial charge in [-0.15, -0.1) is 0 Å². The highest BCUT2D eigenvalue weighted by Gasteiger charge is 2.47. The predicted molar refractivity (Wildman–Crippen MR) is 101 cm³/mol. The Bertz CT molecular complexity index is 987. The van der Waals surface area contributed by atoms with Crippen molar-refractivity contribution in [3.63, 3.8) is 0 Å². The van der Waals surface area contributed by atoms with E-state index in [9.17, 15) is 37.1 Å². The van der Waals surface area contributed by atoms with E-state index in [0.29, 0.717) is 18.9 Å². The second-order valence-electron chi connectivity index (χ2n) is 7.13. The van der Waals surface area contributed by atoms with E-state index in [4.69, 9.17) is 4.74 Å². The molecule has 1 aliphatic heterocycles. The largest absolute Gasteiger partial charge is 0.454 e. The number of hydrogen-bond acceptors (Lipinski definition) is 6. The van der Waals surface area contributed by atoms with Crippen molar-refractivity contribution < 1.29 is 41.9 Å². The minimum atomic E-state index is -1.76. The number of amides is 4. The van der Waals surface area contributed by atoms with E-state index in [-0.39, 0.29) is 0 Å². The van der Waals surface area contributed by atoms with Gasteiger partial charge in [0.15, 0.2) is 24.1 Å². The minimum Gasteiger partial charge on any atom is -0.454 e. The third kappa shape index (κ3) is 4.95. The average molecular weight is 453 g/mol. The third-order valence-electron chi connectivity index (χ3n) is 5.01. The lowest BCUT2D eigenvalue weighted by molar-refractivity contribution is -0.155. The second-order valence-corrected chi connectivity index (χ2v) is 7.13. The smallest absolute Gasteiger partial charge is 0.326 e. The second kappa shape index (κ2) is 9.62. The van der Waals surface area contributed by atoms with Crippen molar-refractivity contribution in [2.75, 3.05) is 25.0 Å². The van der Waals surface area contributed by atoms with Crippen molar-refractivity contribution in [1.29, 1.82) is 0 Å². The normalized spacial score (nSPS) is 19.5. The van der Waals surface area contributed by atoms with E-state index in [1.54, 1.807) is 12.2 Å². The number of nitrogens with one attached hydrogen (secondary N) is 2. The summed E-state index contributed by atoms with van der Waals surface area (Å²) in [5.41, 5.74) is -0.620. The molecule has 170 valence electrons. The third-order valence-corrected chi connectivity index (χ3v) is 5.01. The molecule has 2 unspecified atom stereocenters. The Kier molecular flexibility index (Phi) is 6.91. The molecule has 0 saturated carbocycles. The Morgan fingerprint density at radius 2 is 1.59 bits per heavy atom. The summed E-state index contributed by atoms with van der Waals surface area (Å²) in [6, 6.07) is 1.43. The van der Waals surface area contributed by atoms with Crippen molar-refractivity contribution in [1.82, 2.24) is 10.2 Å². The summed E-state index contributed by atoms with van der Waals surface area (Å²) in [6.45, 7) is -2.10. The summed E-state index contributed by atoms with van der Waals surface area (Å²) in [5.74, 6) is -9.54. The molecule has 1 aliphatic carbocycles. The molecule has 1 aromatic carbocycles. The van der Waals surface area contributed by atoms with Gasteiger partial charge in [-0.3, -0.25) is 28.9 Å². The molecule has 4 amide bonds. The molecule has 2 aliphatic rings. The number of rotatable bonds is 7. The van der Waals surface area contributed by atoms with Crippen LogP contribution in [0.15, 0.2) is 24.3 Å². The van der Waals surface area contributed by atoms with Crippen molar-refractivity contribution in [2.45, 2.75) is 12.8 Å². The molecule has 1 aromatic rings. The summed E-state index contributed by atoms with van der Waals surface area (Å²) in [6.07, 6.45) is 4.44. The van der Waals surface area contributed by atoms with Gasteiger partial charge in [-0.05, 0) is 25.0 Å². The molecule has 3 rings (SSSR count). The molecule has 1 saturated heterocycles. The number of ether oxygens (including phenoxy) is 1. The molecule has 0 radical (unpaired) electrons. The van der Waals surface area contributed by atoms with Gasteiger partial charge < -0.3 is 15.4 Å². The Labute approximate surface area is 179 Å². The maximum atomic E-state index is 13.5. The van der Waals surface area contributed by atoms with Gasteiger partial charge >= 0.3 is 5.97 Å². The number of allylic oxidation sites excluding steroid dienone is 2. The first-order valence-electron chi connectivity index (χ1n) is 9.55. The minimum absolute atomic E-state index is 0.416. The van der Waals surface area contributed by atoms with Gasteiger partial charge in [-0.1, -0.05) is 12.2 Å². The van der Waals surface area contributed by atoms with Gasteiger partial charge in [0, 0.05) is 0 Å². The molecule has 1 fully saturated rings. The van der Waals surface area contributed by atoms with Gasteiger partial charge in [0.25, 0.3) is 5.91 Å². The molecule has 0 spiro atoms. The van der Waals surface area contributed by atoms with Gasteiger partial charge in [0.2, 0.25) is 17.7 Å². The number of benzene rings is 1. The van der Waals surface area contributed by atoms with Crippen molar-refractivity contribution in [3.05, 3.63) is 41.7 Å². The van der Waals surface area contributed by atoms with Gasteiger partial charge in [0.1, 0.15) is 6.54 Å². The lowest BCUT2D eigenvalue weighted by Gasteiger charge is -2.14. The fourth-order valence-corrected chi connectivity index (χ4v) is 3.39. The zero-order chi connectivity index (χ0) is 23.4. The molecule has 0 bridgehead atoms. The first-order chi connectivity index (χ1) is 15.2. The first kappa shape index (κ1) is 23.0. The van der Waals surface area contributed by atoms with E-state index in [2.05, 4.69) is 5.32 Å². The Morgan fingerprint density at radius 3 is 2.22 bits per heavy atom. The Hall–Kier alpha value is -3.70. The highest BCUT2D eigenvalue weighted by molar-refractivity contribution is 6.07. The highest BCUT2D eigenvalue weighted by Crippen LogP contribution is 2.34. The first-order valence-corrected chi connectivity index (χ1v) is 9.55. The summed E-state index contributed by atoms with van der Waals surface area (Å²) in [5, 5.41) is 4.03. The lowest BCUT2D eigenvalue weighted by atomic mass is 9.85. The number of likely N-dealkylation sites (tertiary alicyclic amines) is 1. The van der Waals surface area contributed by atoms with Crippen LogP contribution in [-0.2, 0) is 28.7 Å². The Balaban J connectivity index is 1.41. The molecule has 2 atom stereocenters. The van der Waals surface area contributed by atoms with E-state index in [1.807, 2.05) is 5.32 Å². The maximum absolute atomic E-state index is 13.5. The van der Waals surface area contributed by atoms with Crippen LogP contribution in [0.25, 0.3) is 0 Å². The summed E-state index contributed by atoms with van der Waals surface area (Å²) in [7, 11) is 0. The van der Waals surface area contributed by atoms with Crippen LogP contribution >= 0.6 is 0 Å². The fraction of sp³-hybridized carbons (Fsp3) is 0.350. The number of imide groups is 1. The number of anilines is 1. The summed E-state index contributed by atoms with van der Waals surface area (Å²) < 4.78 is 44.3. The van der Waals surface area contributed by atoms with Crippen LogP contribution < -0.4 is 10.6 Å². The standard InChI is InChI=1S/C20H18F3N3O6/c21-12-5-6-13(18(23)17(12)22)25-14(27)7-24-15(28)9-32-16(29)8-26-19(30)10-3-1-2-4-11(10)20(26)31/h1-2,5-6,10-11H,3-4,7-9H2,(H,24,28)(H,25,27). The molecule has 12 heteroatoms. The quantitative estimate of drug-likeness (QED) is 0.271. The van der Waals surface area contributed by atoms with E-state index in [1.165, 1.54) is 0 Å². The molecular formula is C20H18F3N3O6. The van der Waals surface area contributed by atoms with E-state index < -0.39 is 84.3 Å². The maximum Gasteiger partial charge on any atom is 0.326 e. The van der Waals surface area contributed by atoms with E-state index >= 15 is 0 Å². The summed E-state index contributed by atoms with van der Waals surface area (Å²) >= 11 is 0. The highest BCUT2D eigenvalue weighted by atomic mass is 19.2. The van der Waals surface area contributed by atoms with Crippen LogP contribution in [0.2, 0.25) is 0 Å². The van der Waals surface area contributed by atoms with Gasteiger partial charge in [0.05, 0.1) is 24.1 Å². The van der Waals surface area contributed by atoms with Gasteiger partial charge in [-0.2, -0.15) is 0 Å². The molecule has 1 heterocycles. The van der Waals surface area contributed by atoms with Crippen molar-refractivity contribution >= 4 is 35.3 Å². The van der Waals surface area contributed by atoms with Crippen LogP contribution in [0.4, 0.5) is 18.9 Å². The van der Waals surface area contributed by atoms with Crippen LogP contribution in [-0.4, -0.2) is 54.2 Å². The van der Waals surface area contributed by atoms with Crippen LogP contribution in [0.3, 0.4) is 0 Å². The summed E-state index contributed by atoms with van der Waals surface area (Å²) in [4.78, 5) is 60.8. The fourth-order valence-electron chi connectivity index (χ4n) is 3.39. The number of nitrogens with zero attached hydrogens (tertiary/aromatic N) is 1. The molecule has 2 N–H and O–H groups in total. The van der Waals surface area contributed by atoms with Crippen LogP contribution in [0.1, 0.15) is 12.8 Å². The molecular weight excluding hydrogens is 435 g/mol. The number of carbonyl (C=O) groups excluding carboxylic acids is 5. The van der Waals surface area contributed by atoms with Gasteiger partial charge in [-0.25, -0.2) is 13.2 Å². The molecule has 9 nitrogen and oxygen atoms in total. The number of halogens is 3. The number of fused-ring (bicyclic) bond motifs is 1. The number of esters is 1. The SMILES string of the molecule is O=C(COC(=O)CN1C(=O)C2CC=CCC2C1=O)NCC(=O)Nc1ccc(F)c(F)c1F. The number of hydrogen-bond donors (Lipinski definition) is 2. The predicted octanol–water partition coefficient (Wildman–Crippen LogP) is 0.653.